The van der Waals surface area contributed by atoms with Gasteiger partial charge in [-0.1, -0.05) is 0 Å². The minimum Gasteiger partial charge on any atom is -0.465 e. The zero-order valence-electron chi connectivity index (χ0n) is 14.3. The number of hydrogen-bond donors (Lipinski definition) is 0. The topological polar surface area (TPSA) is 77.6 Å². The van der Waals surface area contributed by atoms with Gasteiger partial charge in [0.15, 0.2) is 0 Å². The molecule has 2 heterocycles. The SMILES string of the molecule is COC(=O)c1cc(CN(C)C(=O)c2c(C)nn(C)c2C)oc1C. The van der Waals surface area contributed by atoms with E-state index in [1.807, 2.05) is 6.92 Å². The van der Waals surface area contributed by atoms with Gasteiger partial charge in [-0.15, -0.1) is 0 Å². The third-order valence-electron chi connectivity index (χ3n) is 3.84. The number of aromatic nitrogens is 2. The maximum atomic E-state index is 12.6. The molecule has 0 atom stereocenters. The summed E-state index contributed by atoms with van der Waals surface area (Å²) in [6.45, 7) is 5.60. The van der Waals surface area contributed by atoms with Crippen molar-refractivity contribution in [1.29, 1.82) is 0 Å². The summed E-state index contributed by atoms with van der Waals surface area (Å²) in [5, 5.41) is 4.26. The highest BCUT2D eigenvalue weighted by Crippen LogP contribution is 2.19. The van der Waals surface area contributed by atoms with Crippen molar-refractivity contribution >= 4 is 11.9 Å². The van der Waals surface area contributed by atoms with Crippen LogP contribution >= 0.6 is 0 Å². The molecule has 0 aliphatic rings. The lowest BCUT2D eigenvalue weighted by Gasteiger charge is -2.16. The number of nitrogens with zero attached hydrogens (tertiary/aromatic N) is 3. The molecule has 124 valence electrons. The number of esters is 1. The number of furan rings is 1. The number of rotatable bonds is 4. The van der Waals surface area contributed by atoms with E-state index in [1.54, 1.807) is 38.7 Å². The summed E-state index contributed by atoms with van der Waals surface area (Å²) >= 11 is 0. The fourth-order valence-electron chi connectivity index (χ4n) is 2.51. The molecule has 0 spiro atoms. The third kappa shape index (κ3) is 3.13. The second-order valence-corrected chi connectivity index (χ2v) is 5.50. The van der Waals surface area contributed by atoms with Crippen LogP contribution in [0.5, 0.6) is 0 Å². The first-order chi connectivity index (χ1) is 10.8. The molecule has 23 heavy (non-hydrogen) atoms. The zero-order chi connectivity index (χ0) is 17.3. The van der Waals surface area contributed by atoms with Gasteiger partial charge >= 0.3 is 5.97 Å². The van der Waals surface area contributed by atoms with Crippen molar-refractivity contribution in [2.45, 2.75) is 27.3 Å². The Morgan fingerprint density at radius 1 is 1.35 bits per heavy atom. The summed E-state index contributed by atoms with van der Waals surface area (Å²) in [4.78, 5) is 25.8. The average Bonchev–Trinajstić information content (AvgIpc) is 2.97. The molecule has 7 nitrogen and oxygen atoms in total. The standard InChI is InChI=1S/C16H21N3O4/c1-9-14(10(2)19(5)17-9)15(20)18(4)8-12-7-13(11(3)23-12)16(21)22-6/h7H,8H2,1-6H3. The van der Waals surface area contributed by atoms with Crippen LogP contribution in [0.1, 0.15) is 43.6 Å². The van der Waals surface area contributed by atoms with Crippen LogP contribution in [-0.4, -0.2) is 40.7 Å². The first-order valence-corrected chi connectivity index (χ1v) is 7.19. The van der Waals surface area contributed by atoms with E-state index in [1.165, 1.54) is 12.0 Å². The van der Waals surface area contributed by atoms with Crippen molar-refractivity contribution in [2.24, 2.45) is 7.05 Å². The molecule has 7 heteroatoms. The van der Waals surface area contributed by atoms with Gasteiger partial charge in [0, 0.05) is 19.8 Å². The Morgan fingerprint density at radius 2 is 2.00 bits per heavy atom. The van der Waals surface area contributed by atoms with Gasteiger partial charge in [-0.25, -0.2) is 4.79 Å². The first-order valence-electron chi connectivity index (χ1n) is 7.19. The van der Waals surface area contributed by atoms with Crippen molar-refractivity contribution < 1.29 is 18.7 Å². The second-order valence-electron chi connectivity index (χ2n) is 5.50. The van der Waals surface area contributed by atoms with Gasteiger partial charge in [-0.3, -0.25) is 9.48 Å². The molecule has 0 bridgehead atoms. The van der Waals surface area contributed by atoms with E-state index in [4.69, 9.17) is 9.15 Å². The maximum Gasteiger partial charge on any atom is 0.341 e. The highest BCUT2D eigenvalue weighted by molar-refractivity contribution is 5.96. The molecule has 0 fully saturated rings. The van der Waals surface area contributed by atoms with Crippen molar-refractivity contribution in [3.8, 4) is 0 Å². The van der Waals surface area contributed by atoms with Crippen LogP contribution in [0.3, 0.4) is 0 Å². The predicted octanol–water partition coefficient (Wildman–Crippen LogP) is 2.00. The molecule has 0 aliphatic carbocycles. The highest BCUT2D eigenvalue weighted by atomic mass is 16.5. The Kier molecular flexibility index (Phi) is 4.58. The quantitative estimate of drug-likeness (QED) is 0.806. The molecule has 2 aromatic rings. The van der Waals surface area contributed by atoms with E-state index in [-0.39, 0.29) is 12.5 Å². The molecule has 2 rings (SSSR count). The molecule has 1 amide bonds. The summed E-state index contributed by atoms with van der Waals surface area (Å²) in [6, 6.07) is 1.61. The zero-order valence-corrected chi connectivity index (χ0v) is 14.3. The van der Waals surface area contributed by atoms with Crippen LogP contribution in [0.4, 0.5) is 0 Å². The Bertz CT molecular complexity index is 758. The highest BCUT2D eigenvalue weighted by Gasteiger charge is 2.23. The number of aryl methyl sites for hydroxylation is 3. The monoisotopic (exact) mass is 319 g/mol. The lowest BCUT2D eigenvalue weighted by Crippen LogP contribution is -2.27. The fraction of sp³-hybridized carbons (Fsp3) is 0.438. The largest absolute Gasteiger partial charge is 0.465 e. The number of carbonyl (C=O) groups is 2. The number of methoxy groups -OCH3 is 1. The van der Waals surface area contributed by atoms with E-state index in [0.29, 0.717) is 28.3 Å². The van der Waals surface area contributed by atoms with Gasteiger partial charge in [0.25, 0.3) is 5.91 Å². The van der Waals surface area contributed by atoms with Gasteiger partial charge in [-0.05, 0) is 26.8 Å². The molecule has 0 radical (unpaired) electrons. The number of hydrogen-bond acceptors (Lipinski definition) is 5. The van der Waals surface area contributed by atoms with Crippen LogP contribution in [-0.2, 0) is 18.3 Å². The third-order valence-corrected chi connectivity index (χ3v) is 3.84. The molecule has 2 aromatic heterocycles. The van der Waals surface area contributed by atoms with E-state index < -0.39 is 5.97 Å². The Balaban J connectivity index is 2.20. The minimum absolute atomic E-state index is 0.137. The lowest BCUT2D eigenvalue weighted by molar-refractivity contribution is 0.0598. The Labute approximate surface area is 134 Å². The summed E-state index contributed by atoms with van der Waals surface area (Å²) < 4.78 is 11.9. The van der Waals surface area contributed by atoms with E-state index >= 15 is 0 Å². The van der Waals surface area contributed by atoms with Gasteiger partial charge in [-0.2, -0.15) is 5.10 Å². The molecule has 0 saturated carbocycles. The summed E-state index contributed by atoms with van der Waals surface area (Å²) in [7, 11) is 4.81. The summed E-state index contributed by atoms with van der Waals surface area (Å²) in [6.07, 6.45) is 0. The van der Waals surface area contributed by atoms with E-state index in [2.05, 4.69) is 5.10 Å². The average molecular weight is 319 g/mol. The van der Waals surface area contributed by atoms with Gasteiger partial charge in [0.1, 0.15) is 17.1 Å². The number of amides is 1. The summed E-state index contributed by atoms with van der Waals surface area (Å²) in [5.74, 6) is 0.409. The molecule has 0 N–H and O–H groups in total. The van der Waals surface area contributed by atoms with E-state index in [0.717, 1.165) is 5.69 Å². The van der Waals surface area contributed by atoms with Gasteiger partial charge in [0.2, 0.25) is 0 Å². The van der Waals surface area contributed by atoms with Crippen molar-refractivity contribution in [3.05, 3.63) is 40.1 Å². The predicted molar refractivity (Wildman–Crippen MR) is 83.3 cm³/mol. The van der Waals surface area contributed by atoms with Crippen LogP contribution in [0.15, 0.2) is 10.5 Å². The van der Waals surface area contributed by atoms with Crippen LogP contribution in [0.25, 0.3) is 0 Å². The van der Waals surface area contributed by atoms with E-state index in [9.17, 15) is 9.59 Å². The lowest BCUT2D eigenvalue weighted by atomic mass is 10.1. The minimum atomic E-state index is -0.453. The first kappa shape index (κ1) is 16.8. The maximum absolute atomic E-state index is 12.6. The molecular formula is C16H21N3O4. The number of ether oxygens (including phenoxy) is 1. The second kappa shape index (κ2) is 6.28. The van der Waals surface area contributed by atoms with Crippen LogP contribution in [0.2, 0.25) is 0 Å². The van der Waals surface area contributed by atoms with Gasteiger partial charge in [0.05, 0.1) is 24.9 Å². The molecule has 0 unspecified atom stereocenters. The van der Waals surface area contributed by atoms with Crippen LogP contribution < -0.4 is 0 Å². The Morgan fingerprint density at radius 3 is 2.52 bits per heavy atom. The Hall–Kier alpha value is -2.57. The smallest absolute Gasteiger partial charge is 0.341 e. The molecule has 0 saturated heterocycles. The van der Waals surface area contributed by atoms with Gasteiger partial charge < -0.3 is 14.1 Å². The van der Waals surface area contributed by atoms with Crippen molar-refractivity contribution in [2.75, 3.05) is 14.2 Å². The van der Waals surface area contributed by atoms with Crippen molar-refractivity contribution in [1.82, 2.24) is 14.7 Å². The summed E-state index contributed by atoms with van der Waals surface area (Å²) in [5.41, 5.74) is 2.46. The molecule has 0 aromatic carbocycles. The fourth-order valence-corrected chi connectivity index (χ4v) is 2.51. The normalized spacial score (nSPS) is 10.7. The van der Waals surface area contributed by atoms with Crippen molar-refractivity contribution in [3.63, 3.8) is 0 Å². The molecule has 0 aliphatic heterocycles. The van der Waals surface area contributed by atoms with Crippen LogP contribution in [0, 0.1) is 20.8 Å². The number of carbonyl (C=O) groups excluding carboxylic acids is 2. The molecular weight excluding hydrogens is 298 g/mol.